The zero-order chi connectivity index (χ0) is 11.3. The maximum Gasteiger partial charge on any atom is 0.273 e. The number of aromatic nitrogens is 2. The van der Waals surface area contributed by atoms with E-state index in [4.69, 9.17) is 5.73 Å². The number of hydrogen-bond acceptors (Lipinski definition) is 3. The molecule has 15 heavy (non-hydrogen) atoms. The Morgan fingerprint density at radius 2 is 2.27 bits per heavy atom. The van der Waals surface area contributed by atoms with Crippen LogP contribution in [-0.4, -0.2) is 15.7 Å². The molecule has 0 saturated heterocycles. The van der Waals surface area contributed by atoms with Crippen LogP contribution in [0.15, 0.2) is 17.1 Å². The number of nitrogens with two attached hydrogens (primary N) is 1. The van der Waals surface area contributed by atoms with Gasteiger partial charge in [0.15, 0.2) is 5.69 Å². The van der Waals surface area contributed by atoms with Crippen LogP contribution in [0.1, 0.15) is 36.7 Å². The van der Waals surface area contributed by atoms with E-state index in [0.717, 1.165) is 19.3 Å². The minimum absolute atomic E-state index is 0.186. The lowest BCUT2D eigenvalue weighted by atomic mass is 10.2. The summed E-state index contributed by atoms with van der Waals surface area (Å²) in [5.41, 5.74) is 4.42. The maximum absolute atomic E-state index is 11.2. The number of carbonyl (C=O) groups is 1. The van der Waals surface area contributed by atoms with Gasteiger partial charge in [0.1, 0.15) is 0 Å². The summed E-state index contributed by atoms with van der Waals surface area (Å²) in [4.78, 5) is 22.0. The Labute approximate surface area is 87.9 Å². The van der Waals surface area contributed by atoms with Crippen molar-refractivity contribution in [2.75, 3.05) is 0 Å². The molecule has 0 fully saturated rings. The Morgan fingerprint density at radius 1 is 1.53 bits per heavy atom. The minimum atomic E-state index is -0.773. The summed E-state index contributed by atoms with van der Waals surface area (Å²) >= 11 is 0. The van der Waals surface area contributed by atoms with Crippen molar-refractivity contribution in [3.63, 3.8) is 0 Å². The van der Waals surface area contributed by atoms with E-state index in [1.807, 2.05) is 0 Å². The molecule has 0 bridgehead atoms. The monoisotopic (exact) mass is 209 g/mol. The summed E-state index contributed by atoms with van der Waals surface area (Å²) in [5.74, 6) is -0.773. The summed E-state index contributed by atoms with van der Waals surface area (Å²) in [6.45, 7) is 2.81. The van der Waals surface area contributed by atoms with Crippen molar-refractivity contribution in [3.8, 4) is 0 Å². The Balaban J connectivity index is 2.79. The molecule has 0 spiro atoms. The molecular weight excluding hydrogens is 194 g/mol. The van der Waals surface area contributed by atoms with Crippen molar-refractivity contribution < 1.29 is 4.79 Å². The van der Waals surface area contributed by atoms with E-state index in [9.17, 15) is 9.59 Å². The fourth-order valence-electron chi connectivity index (χ4n) is 1.26. The quantitative estimate of drug-likeness (QED) is 0.718. The molecule has 0 unspecified atom stereocenters. The van der Waals surface area contributed by atoms with Crippen LogP contribution in [0.5, 0.6) is 0 Å². The summed E-state index contributed by atoms with van der Waals surface area (Å²) in [7, 11) is 0. The predicted molar refractivity (Wildman–Crippen MR) is 56.5 cm³/mol. The topological polar surface area (TPSA) is 78.0 Å². The molecule has 1 amide bonds. The van der Waals surface area contributed by atoms with Gasteiger partial charge in [0, 0.05) is 18.8 Å². The van der Waals surface area contributed by atoms with Gasteiger partial charge in [-0.3, -0.25) is 14.3 Å². The Kier molecular flexibility index (Phi) is 4.03. The van der Waals surface area contributed by atoms with Gasteiger partial charge in [-0.05, 0) is 6.42 Å². The lowest BCUT2D eigenvalue weighted by molar-refractivity contribution is 0.0992. The Morgan fingerprint density at radius 3 is 2.87 bits per heavy atom. The van der Waals surface area contributed by atoms with Gasteiger partial charge in [-0.2, -0.15) is 5.10 Å². The van der Waals surface area contributed by atoms with Gasteiger partial charge in [-0.1, -0.05) is 19.8 Å². The standard InChI is InChI=1S/C10H15N3O2/c1-2-3-4-6-13-7-5-8(14)9(12-13)10(11)15/h5,7H,2-4,6H2,1H3,(H2,11,15). The molecule has 0 aliphatic heterocycles. The highest BCUT2D eigenvalue weighted by molar-refractivity contribution is 5.90. The first-order chi connectivity index (χ1) is 7.15. The number of amides is 1. The molecule has 1 aromatic rings. The Bertz CT molecular complexity index is 398. The lowest BCUT2D eigenvalue weighted by Gasteiger charge is -2.04. The van der Waals surface area contributed by atoms with Gasteiger partial charge in [-0.25, -0.2) is 0 Å². The molecule has 1 aromatic heterocycles. The average molecular weight is 209 g/mol. The fraction of sp³-hybridized carbons (Fsp3) is 0.500. The second-order valence-electron chi connectivity index (χ2n) is 3.36. The number of primary amides is 1. The molecule has 0 aliphatic carbocycles. The van der Waals surface area contributed by atoms with Gasteiger partial charge < -0.3 is 5.73 Å². The van der Waals surface area contributed by atoms with Gasteiger partial charge in [-0.15, -0.1) is 0 Å². The first-order valence-corrected chi connectivity index (χ1v) is 5.02. The van der Waals surface area contributed by atoms with Crippen molar-refractivity contribution in [3.05, 3.63) is 28.2 Å². The van der Waals surface area contributed by atoms with E-state index in [2.05, 4.69) is 12.0 Å². The third-order valence-corrected chi connectivity index (χ3v) is 2.08. The highest BCUT2D eigenvalue weighted by Gasteiger charge is 2.07. The van der Waals surface area contributed by atoms with Crippen molar-refractivity contribution in [2.24, 2.45) is 5.73 Å². The van der Waals surface area contributed by atoms with Crippen molar-refractivity contribution in [1.82, 2.24) is 9.78 Å². The van der Waals surface area contributed by atoms with E-state index >= 15 is 0 Å². The van der Waals surface area contributed by atoms with Crippen LogP contribution >= 0.6 is 0 Å². The summed E-state index contributed by atoms with van der Waals surface area (Å²) < 4.78 is 1.58. The van der Waals surface area contributed by atoms with Crippen molar-refractivity contribution >= 4 is 5.91 Å². The van der Waals surface area contributed by atoms with E-state index in [0.29, 0.717) is 6.54 Å². The number of hydrogen-bond donors (Lipinski definition) is 1. The van der Waals surface area contributed by atoms with Crippen molar-refractivity contribution in [2.45, 2.75) is 32.7 Å². The fourth-order valence-corrected chi connectivity index (χ4v) is 1.26. The summed E-state index contributed by atoms with van der Waals surface area (Å²) in [5, 5.41) is 3.87. The molecular formula is C10H15N3O2. The number of unbranched alkanes of at least 4 members (excludes halogenated alkanes) is 2. The molecule has 5 nitrogen and oxygen atoms in total. The molecule has 5 heteroatoms. The van der Waals surface area contributed by atoms with Crippen LogP contribution in [0, 0.1) is 0 Å². The van der Waals surface area contributed by atoms with E-state index in [-0.39, 0.29) is 5.69 Å². The normalized spacial score (nSPS) is 10.2. The van der Waals surface area contributed by atoms with Crippen LogP contribution in [0.2, 0.25) is 0 Å². The first-order valence-electron chi connectivity index (χ1n) is 5.02. The van der Waals surface area contributed by atoms with Crippen molar-refractivity contribution in [1.29, 1.82) is 0 Å². The second-order valence-corrected chi connectivity index (χ2v) is 3.36. The smallest absolute Gasteiger partial charge is 0.273 e. The molecule has 2 N–H and O–H groups in total. The number of aryl methyl sites for hydroxylation is 1. The van der Waals surface area contributed by atoms with Gasteiger partial charge in [0.05, 0.1) is 0 Å². The largest absolute Gasteiger partial charge is 0.364 e. The molecule has 1 heterocycles. The molecule has 0 atom stereocenters. The molecule has 1 rings (SSSR count). The lowest BCUT2D eigenvalue weighted by Crippen LogP contribution is -2.26. The summed E-state index contributed by atoms with van der Waals surface area (Å²) in [6, 6.07) is 1.32. The zero-order valence-electron chi connectivity index (χ0n) is 8.77. The van der Waals surface area contributed by atoms with Gasteiger partial charge in [0.25, 0.3) is 5.91 Å². The third-order valence-electron chi connectivity index (χ3n) is 2.08. The Hall–Kier alpha value is -1.65. The predicted octanol–water partition coefficient (Wildman–Crippen LogP) is 0.532. The zero-order valence-corrected chi connectivity index (χ0v) is 8.77. The number of carbonyl (C=O) groups excluding carboxylic acids is 1. The average Bonchev–Trinajstić information content (AvgIpc) is 2.20. The SMILES string of the molecule is CCCCCn1ccc(=O)c(C(N)=O)n1. The second kappa shape index (κ2) is 5.29. The molecule has 0 aliphatic rings. The van der Waals surface area contributed by atoms with Gasteiger partial charge >= 0.3 is 0 Å². The summed E-state index contributed by atoms with van der Waals surface area (Å²) in [6.07, 6.45) is 4.76. The molecule has 0 aromatic carbocycles. The van der Waals surface area contributed by atoms with E-state index in [1.54, 1.807) is 10.9 Å². The maximum atomic E-state index is 11.2. The third kappa shape index (κ3) is 3.19. The molecule has 0 radical (unpaired) electrons. The van der Waals surface area contributed by atoms with E-state index in [1.165, 1.54) is 6.07 Å². The highest BCUT2D eigenvalue weighted by Crippen LogP contribution is 1.96. The van der Waals surface area contributed by atoms with Gasteiger partial charge in [0.2, 0.25) is 5.43 Å². The number of nitrogens with zero attached hydrogens (tertiary/aromatic N) is 2. The van der Waals surface area contributed by atoms with Crippen LogP contribution in [0.3, 0.4) is 0 Å². The van der Waals surface area contributed by atoms with Crippen LogP contribution in [0.4, 0.5) is 0 Å². The highest BCUT2D eigenvalue weighted by atomic mass is 16.2. The number of rotatable bonds is 5. The molecule has 82 valence electrons. The van der Waals surface area contributed by atoms with Crippen LogP contribution < -0.4 is 11.2 Å². The van der Waals surface area contributed by atoms with Crippen LogP contribution in [-0.2, 0) is 6.54 Å². The minimum Gasteiger partial charge on any atom is -0.364 e. The van der Waals surface area contributed by atoms with E-state index < -0.39 is 11.3 Å². The van der Waals surface area contributed by atoms with Crippen LogP contribution in [0.25, 0.3) is 0 Å². The molecule has 0 saturated carbocycles. The first kappa shape index (κ1) is 11.4.